The molecule has 0 radical (unpaired) electrons. The zero-order valence-corrected chi connectivity index (χ0v) is 17.2. The molecule has 0 bridgehead atoms. The lowest BCUT2D eigenvalue weighted by molar-refractivity contribution is 0.408. The highest BCUT2D eigenvalue weighted by molar-refractivity contribution is 6.07. The molecule has 0 fully saturated rings. The summed E-state index contributed by atoms with van der Waals surface area (Å²) in [6.45, 7) is 12.1. The van der Waals surface area contributed by atoms with Gasteiger partial charge in [0, 0.05) is 10.8 Å². The van der Waals surface area contributed by atoms with Crippen LogP contribution in [0.1, 0.15) is 44.4 Å². The van der Waals surface area contributed by atoms with Gasteiger partial charge in [0.05, 0.1) is 25.9 Å². The first-order chi connectivity index (χ1) is 12.6. The number of nitriles is 1. The maximum atomic E-state index is 9.11. The summed E-state index contributed by atoms with van der Waals surface area (Å²) in [6, 6.07) is 12.0. The van der Waals surface area contributed by atoms with E-state index in [1.165, 1.54) is 0 Å². The van der Waals surface area contributed by atoms with Gasteiger partial charge in [-0.05, 0) is 60.0 Å². The van der Waals surface area contributed by atoms with Crippen LogP contribution in [-0.2, 0) is 0 Å². The van der Waals surface area contributed by atoms with Crippen molar-refractivity contribution in [3.05, 3.63) is 47.0 Å². The van der Waals surface area contributed by atoms with Gasteiger partial charge >= 0.3 is 0 Å². The quantitative estimate of drug-likeness (QED) is 0.491. The minimum atomic E-state index is 0.657. The van der Waals surface area contributed by atoms with Crippen LogP contribution in [0.3, 0.4) is 0 Å². The van der Waals surface area contributed by atoms with E-state index in [1.807, 2.05) is 58.9 Å². The Kier molecular flexibility index (Phi) is 7.93. The molecule has 3 aromatic carbocycles. The van der Waals surface area contributed by atoms with Gasteiger partial charge in [-0.25, -0.2) is 0 Å². The van der Waals surface area contributed by atoms with Crippen molar-refractivity contribution in [3.63, 3.8) is 0 Å². The maximum absolute atomic E-state index is 9.11. The van der Waals surface area contributed by atoms with E-state index in [1.54, 1.807) is 14.2 Å². The van der Waals surface area contributed by atoms with E-state index in [2.05, 4.69) is 19.1 Å². The molecule has 3 aromatic rings. The van der Waals surface area contributed by atoms with E-state index in [-0.39, 0.29) is 0 Å². The van der Waals surface area contributed by atoms with Gasteiger partial charge in [-0.1, -0.05) is 33.8 Å². The Balaban J connectivity index is 0.000000791. The van der Waals surface area contributed by atoms with Gasteiger partial charge in [0.15, 0.2) is 0 Å². The summed E-state index contributed by atoms with van der Waals surface area (Å²) in [6.07, 6.45) is 0. The lowest BCUT2D eigenvalue weighted by Gasteiger charge is -2.16. The largest absolute Gasteiger partial charge is 0.496 e. The van der Waals surface area contributed by atoms with E-state index in [0.717, 1.165) is 44.2 Å². The number of fused-ring (bicyclic) bond motifs is 2. The molecule has 0 saturated carbocycles. The number of ether oxygens (including phenoxy) is 2. The molecular formula is C23H29NO2. The molecule has 0 heterocycles. The summed E-state index contributed by atoms with van der Waals surface area (Å²) in [5.41, 5.74) is 2.82. The summed E-state index contributed by atoms with van der Waals surface area (Å²) in [4.78, 5) is 0. The van der Waals surface area contributed by atoms with E-state index in [0.29, 0.717) is 5.56 Å². The van der Waals surface area contributed by atoms with Gasteiger partial charge in [-0.3, -0.25) is 0 Å². The Morgan fingerprint density at radius 3 is 2.04 bits per heavy atom. The van der Waals surface area contributed by atoms with E-state index >= 15 is 0 Å². The second kappa shape index (κ2) is 9.68. The van der Waals surface area contributed by atoms with Gasteiger partial charge < -0.3 is 9.47 Å². The molecule has 0 unspecified atom stereocenters. The molecule has 26 heavy (non-hydrogen) atoms. The van der Waals surface area contributed by atoms with Crippen molar-refractivity contribution in [2.45, 2.75) is 41.5 Å². The lowest BCUT2D eigenvalue weighted by atomic mass is 9.94. The number of methoxy groups -OCH3 is 2. The molecule has 0 aliphatic rings. The average Bonchev–Trinajstić information content (AvgIpc) is 2.70. The van der Waals surface area contributed by atoms with Crippen LogP contribution in [0, 0.1) is 25.2 Å². The number of benzene rings is 3. The van der Waals surface area contributed by atoms with Crippen LogP contribution in [0.25, 0.3) is 21.5 Å². The van der Waals surface area contributed by atoms with Gasteiger partial charge in [0.1, 0.15) is 11.5 Å². The van der Waals surface area contributed by atoms with Crippen LogP contribution in [0.4, 0.5) is 0 Å². The molecule has 3 nitrogen and oxygen atoms in total. The third-order valence-corrected chi connectivity index (χ3v) is 4.15. The van der Waals surface area contributed by atoms with Crippen LogP contribution >= 0.6 is 0 Å². The standard InChI is InChI=1S/C19H17NO2.2C2H6/c1-11-7-17(21-3)18-12(2)15-6-5-13(10-20)8-14(15)9-16(18)19(11)22-4;2*1-2/h5-9H,1-4H3;2*1-2H3. The summed E-state index contributed by atoms with van der Waals surface area (Å²) >= 11 is 0. The molecule has 3 rings (SSSR count). The van der Waals surface area contributed by atoms with Crippen LogP contribution in [0.5, 0.6) is 11.5 Å². The molecule has 0 N–H and O–H groups in total. The van der Waals surface area contributed by atoms with Crippen molar-refractivity contribution in [1.29, 1.82) is 5.26 Å². The Bertz CT molecular complexity index is 937. The molecule has 0 amide bonds. The number of hydrogen-bond donors (Lipinski definition) is 0. The highest BCUT2D eigenvalue weighted by atomic mass is 16.5. The second-order valence-electron chi connectivity index (χ2n) is 5.40. The first kappa shape index (κ1) is 21.3. The highest BCUT2D eigenvalue weighted by Crippen LogP contribution is 2.41. The zero-order chi connectivity index (χ0) is 19.9. The van der Waals surface area contributed by atoms with Gasteiger partial charge in [0.2, 0.25) is 0 Å². The third-order valence-electron chi connectivity index (χ3n) is 4.15. The van der Waals surface area contributed by atoms with Crippen molar-refractivity contribution in [2.24, 2.45) is 0 Å². The lowest BCUT2D eigenvalue weighted by Crippen LogP contribution is -1.95. The van der Waals surface area contributed by atoms with E-state index < -0.39 is 0 Å². The molecule has 138 valence electrons. The van der Waals surface area contributed by atoms with Crippen molar-refractivity contribution in [2.75, 3.05) is 14.2 Å². The summed E-state index contributed by atoms with van der Waals surface area (Å²) < 4.78 is 11.2. The van der Waals surface area contributed by atoms with Crippen molar-refractivity contribution >= 4 is 21.5 Å². The maximum Gasteiger partial charge on any atom is 0.129 e. The van der Waals surface area contributed by atoms with Gasteiger partial charge in [-0.2, -0.15) is 5.26 Å². The van der Waals surface area contributed by atoms with Gasteiger partial charge in [0.25, 0.3) is 0 Å². The predicted molar refractivity (Wildman–Crippen MR) is 111 cm³/mol. The summed E-state index contributed by atoms with van der Waals surface area (Å²) in [5.74, 6) is 1.69. The first-order valence-electron chi connectivity index (χ1n) is 9.09. The average molecular weight is 351 g/mol. The Labute approximate surface area is 157 Å². The third kappa shape index (κ3) is 3.75. The normalized spacial score (nSPS) is 9.50. The van der Waals surface area contributed by atoms with Crippen LogP contribution in [0.2, 0.25) is 0 Å². The summed E-state index contributed by atoms with van der Waals surface area (Å²) in [5, 5.41) is 13.3. The fourth-order valence-electron chi connectivity index (χ4n) is 3.13. The molecule has 0 saturated heterocycles. The first-order valence-corrected chi connectivity index (χ1v) is 9.09. The Hall–Kier alpha value is -2.73. The van der Waals surface area contributed by atoms with Crippen LogP contribution in [-0.4, -0.2) is 14.2 Å². The molecular weight excluding hydrogens is 322 g/mol. The smallest absolute Gasteiger partial charge is 0.129 e. The number of rotatable bonds is 2. The summed E-state index contributed by atoms with van der Waals surface area (Å²) in [7, 11) is 3.36. The molecule has 0 aromatic heterocycles. The number of aryl methyl sites for hydroxylation is 2. The fraction of sp³-hybridized carbons (Fsp3) is 0.348. The minimum Gasteiger partial charge on any atom is -0.496 e. The van der Waals surface area contributed by atoms with E-state index in [9.17, 15) is 0 Å². The molecule has 3 heteroatoms. The van der Waals surface area contributed by atoms with Crippen LogP contribution in [0.15, 0.2) is 30.3 Å². The highest BCUT2D eigenvalue weighted by Gasteiger charge is 2.15. The number of nitrogens with zero attached hydrogens (tertiary/aromatic N) is 1. The van der Waals surface area contributed by atoms with Crippen molar-refractivity contribution in [3.8, 4) is 17.6 Å². The molecule has 0 spiro atoms. The Morgan fingerprint density at radius 1 is 0.846 bits per heavy atom. The molecule has 0 aliphatic heterocycles. The topological polar surface area (TPSA) is 42.2 Å². The fourth-order valence-corrected chi connectivity index (χ4v) is 3.13. The van der Waals surface area contributed by atoms with Gasteiger partial charge in [-0.15, -0.1) is 0 Å². The van der Waals surface area contributed by atoms with E-state index in [4.69, 9.17) is 14.7 Å². The number of hydrogen-bond acceptors (Lipinski definition) is 3. The Morgan fingerprint density at radius 2 is 1.50 bits per heavy atom. The zero-order valence-electron chi connectivity index (χ0n) is 17.2. The minimum absolute atomic E-state index is 0.657. The molecule has 0 atom stereocenters. The van der Waals surface area contributed by atoms with Crippen molar-refractivity contribution in [1.82, 2.24) is 0 Å². The second-order valence-corrected chi connectivity index (χ2v) is 5.40. The molecule has 0 aliphatic carbocycles. The van der Waals surface area contributed by atoms with Crippen molar-refractivity contribution < 1.29 is 9.47 Å². The SMILES string of the molecule is CC.CC.COc1c(C)cc(OC)c2c(C)c3ccc(C#N)cc3cc12. The van der Waals surface area contributed by atoms with Crippen LogP contribution < -0.4 is 9.47 Å². The monoisotopic (exact) mass is 351 g/mol. The predicted octanol–water partition coefficient (Wildman–Crippen LogP) is 6.55.